The number of halogens is 1. The van der Waals surface area contributed by atoms with E-state index in [1.807, 2.05) is 29.2 Å². The first kappa shape index (κ1) is 19.4. The molecule has 1 aromatic heterocycles. The average Bonchev–Trinajstić information content (AvgIpc) is 2.71. The lowest BCUT2D eigenvalue weighted by Gasteiger charge is -2.36. The fourth-order valence-corrected chi connectivity index (χ4v) is 3.15. The van der Waals surface area contributed by atoms with Gasteiger partial charge in [-0.2, -0.15) is 0 Å². The number of amides is 1. The number of hydrogen-bond acceptors (Lipinski definition) is 6. The minimum atomic E-state index is -0.0355. The summed E-state index contributed by atoms with van der Waals surface area (Å²) in [4.78, 5) is 25.2. The zero-order chi connectivity index (χ0) is 19.1. The Bertz CT molecular complexity index is 748. The van der Waals surface area contributed by atoms with Gasteiger partial charge in [0.25, 0.3) is 5.91 Å². The van der Waals surface area contributed by atoms with Crippen molar-refractivity contribution in [3.05, 3.63) is 47.2 Å². The van der Waals surface area contributed by atoms with E-state index in [2.05, 4.69) is 20.2 Å². The van der Waals surface area contributed by atoms with Crippen molar-refractivity contribution in [1.82, 2.24) is 14.9 Å². The molecule has 2 heterocycles. The lowest BCUT2D eigenvalue weighted by molar-refractivity contribution is 0.0746. The van der Waals surface area contributed by atoms with Gasteiger partial charge >= 0.3 is 0 Å². The molecular formula is C19H24ClN5O2. The van der Waals surface area contributed by atoms with Gasteiger partial charge in [-0.1, -0.05) is 17.7 Å². The van der Waals surface area contributed by atoms with Crippen molar-refractivity contribution in [3.63, 3.8) is 0 Å². The number of ether oxygens (including phenoxy) is 1. The number of carbonyl (C=O) groups is 1. The summed E-state index contributed by atoms with van der Waals surface area (Å²) >= 11 is 6.07. The molecule has 27 heavy (non-hydrogen) atoms. The minimum absolute atomic E-state index is 0.0355. The number of carbonyl (C=O) groups excluding carboxylic acids is 1. The zero-order valence-electron chi connectivity index (χ0n) is 15.4. The first-order valence-corrected chi connectivity index (χ1v) is 9.40. The summed E-state index contributed by atoms with van der Waals surface area (Å²) in [6.45, 7) is 4.26. The third-order valence-corrected chi connectivity index (χ3v) is 4.68. The largest absolute Gasteiger partial charge is 0.385 e. The third-order valence-electron chi connectivity index (χ3n) is 4.45. The maximum atomic E-state index is 12.7. The van der Waals surface area contributed by atoms with Crippen LogP contribution in [0.3, 0.4) is 0 Å². The van der Waals surface area contributed by atoms with Crippen LogP contribution in [0.1, 0.15) is 16.8 Å². The number of benzene rings is 1. The Balaban J connectivity index is 1.51. The highest BCUT2D eigenvalue weighted by Gasteiger charge is 2.23. The molecule has 7 nitrogen and oxygen atoms in total. The van der Waals surface area contributed by atoms with Gasteiger partial charge in [-0.3, -0.25) is 4.79 Å². The van der Waals surface area contributed by atoms with E-state index >= 15 is 0 Å². The Morgan fingerprint density at radius 1 is 1.22 bits per heavy atom. The van der Waals surface area contributed by atoms with Gasteiger partial charge in [-0.05, 0) is 24.6 Å². The average molecular weight is 390 g/mol. The second-order valence-corrected chi connectivity index (χ2v) is 6.76. The van der Waals surface area contributed by atoms with Crippen LogP contribution in [0.4, 0.5) is 11.6 Å². The molecule has 1 amide bonds. The van der Waals surface area contributed by atoms with Crippen LogP contribution in [0, 0.1) is 0 Å². The summed E-state index contributed by atoms with van der Waals surface area (Å²) in [6, 6.07) is 7.79. The van der Waals surface area contributed by atoms with Crippen LogP contribution in [-0.2, 0) is 4.74 Å². The molecule has 1 aliphatic heterocycles. The SMILES string of the molecule is COCCCNc1ncc(C(=O)N2CCN(c3cccc(Cl)c3)CC2)cn1. The van der Waals surface area contributed by atoms with E-state index in [4.69, 9.17) is 16.3 Å². The molecule has 1 saturated heterocycles. The van der Waals surface area contributed by atoms with Crippen molar-refractivity contribution in [2.45, 2.75) is 6.42 Å². The van der Waals surface area contributed by atoms with Crippen molar-refractivity contribution >= 4 is 29.1 Å². The van der Waals surface area contributed by atoms with E-state index in [-0.39, 0.29) is 5.91 Å². The molecule has 0 spiro atoms. The summed E-state index contributed by atoms with van der Waals surface area (Å²) in [5.74, 6) is 0.486. The molecule has 8 heteroatoms. The minimum Gasteiger partial charge on any atom is -0.385 e. The number of piperazine rings is 1. The second kappa shape index (κ2) is 9.53. The molecular weight excluding hydrogens is 366 g/mol. The number of nitrogens with one attached hydrogen (secondary N) is 1. The number of aromatic nitrogens is 2. The standard InChI is InChI=1S/C19H24ClN5O2/c1-27-11-3-6-21-19-22-13-15(14-23-19)18(26)25-9-7-24(8-10-25)17-5-2-4-16(20)12-17/h2,4-5,12-14H,3,6-11H2,1H3,(H,21,22,23). The molecule has 144 valence electrons. The summed E-state index contributed by atoms with van der Waals surface area (Å²) in [7, 11) is 1.67. The topological polar surface area (TPSA) is 70.6 Å². The van der Waals surface area contributed by atoms with E-state index in [0.29, 0.717) is 31.2 Å². The number of hydrogen-bond donors (Lipinski definition) is 1. The van der Waals surface area contributed by atoms with Gasteiger partial charge in [-0.15, -0.1) is 0 Å². The van der Waals surface area contributed by atoms with Crippen LogP contribution in [0.15, 0.2) is 36.7 Å². The lowest BCUT2D eigenvalue weighted by atomic mass is 10.2. The number of anilines is 2. The Hall–Kier alpha value is -2.38. The molecule has 0 unspecified atom stereocenters. The van der Waals surface area contributed by atoms with Gasteiger partial charge in [0.15, 0.2) is 0 Å². The van der Waals surface area contributed by atoms with Crippen LogP contribution in [0.2, 0.25) is 5.02 Å². The normalized spacial score (nSPS) is 14.3. The summed E-state index contributed by atoms with van der Waals surface area (Å²) < 4.78 is 5.00. The van der Waals surface area contributed by atoms with Crippen LogP contribution >= 0.6 is 11.6 Å². The predicted octanol–water partition coefficient (Wildman–Crippen LogP) is 2.54. The molecule has 0 saturated carbocycles. The maximum absolute atomic E-state index is 12.7. The fourth-order valence-electron chi connectivity index (χ4n) is 2.97. The van der Waals surface area contributed by atoms with E-state index in [9.17, 15) is 4.79 Å². The van der Waals surface area contributed by atoms with E-state index < -0.39 is 0 Å². The van der Waals surface area contributed by atoms with Gasteiger partial charge in [0.1, 0.15) is 0 Å². The summed E-state index contributed by atoms with van der Waals surface area (Å²) in [5, 5.41) is 3.83. The highest BCUT2D eigenvalue weighted by atomic mass is 35.5. The molecule has 1 N–H and O–H groups in total. The van der Waals surface area contributed by atoms with Gasteiger partial charge < -0.3 is 19.9 Å². The van der Waals surface area contributed by atoms with Crippen LogP contribution in [0.25, 0.3) is 0 Å². The molecule has 0 atom stereocenters. The van der Waals surface area contributed by atoms with Gasteiger partial charge in [0.2, 0.25) is 5.95 Å². The predicted molar refractivity (Wildman–Crippen MR) is 107 cm³/mol. The van der Waals surface area contributed by atoms with Crippen molar-refractivity contribution in [2.24, 2.45) is 0 Å². The molecule has 1 aromatic carbocycles. The smallest absolute Gasteiger partial charge is 0.257 e. The Kier molecular flexibility index (Phi) is 6.84. The molecule has 1 aliphatic rings. The zero-order valence-corrected chi connectivity index (χ0v) is 16.2. The third kappa shape index (κ3) is 5.30. The van der Waals surface area contributed by atoms with Crippen LogP contribution in [0.5, 0.6) is 0 Å². The van der Waals surface area contributed by atoms with E-state index in [1.54, 1.807) is 19.5 Å². The summed E-state index contributed by atoms with van der Waals surface area (Å²) in [6.07, 6.45) is 4.03. The molecule has 2 aromatic rings. The number of methoxy groups -OCH3 is 1. The molecule has 1 fully saturated rings. The highest BCUT2D eigenvalue weighted by Crippen LogP contribution is 2.21. The van der Waals surface area contributed by atoms with E-state index in [0.717, 1.165) is 36.8 Å². The number of rotatable bonds is 7. The van der Waals surface area contributed by atoms with Crippen molar-refractivity contribution in [2.75, 3.05) is 56.7 Å². The Labute approximate surface area is 164 Å². The van der Waals surface area contributed by atoms with Crippen LogP contribution < -0.4 is 10.2 Å². The van der Waals surface area contributed by atoms with Crippen molar-refractivity contribution in [3.8, 4) is 0 Å². The first-order chi connectivity index (χ1) is 13.2. The molecule has 3 rings (SSSR count). The van der Waals surface area contributed by atoms with Crippen molar-refractivity contribution in [1.29, 1.82) is 0 Å². The molecule has 0 bridgehead atoms. The molecule has 0 radical (unpaired) electrons. The van der Waals surface area contributed by atoms with Gasteiger partial charge in [0, 0.05) is 69.5 Å². The quantitative estimate of drug-likeness (QED) is 0.734. The van der Waals surface area contributed by atoms with Crippen molar-refractivity contribution < 1.29 is 9.53 Å². The molecule has 0 aliphatic carbocycles. The Morgan fingerprint density at radius 2 is 1.96 bits per heavy atom. The monoisotopic (exact) mass is 389 g/mol. The lowest BCUT2D eigenvalue weighted by Crippen LogP contribution is -2.48. The number of nitrogens with zero attached hydrogens (tertiary/aromatic N) is 4. The fraction of sp³-hybridized carbons (Fsp3) is 0.421. The first-order valence-electron chi connectivity index (χ1n) is 9.02. The van der Waals surface area contributed by atoms with Gasteiger partial charge in [-0.25, -0.2) is 9.97 Å². The van der Waals surface area contributed by atoms with Crippen LogP contribution in [-0.4, -0.2) is 67.2 Å². The van der Waals surface area contributed by atoms with Gasteiger partial charge in [0.05, 0.1) is 5.56 Å². The Morgan fingerprint density at radius 3 is 2.63 bits per heavy atom. The second-order valence-electron chi connectivity index (χ2n) is 6.33. The highest BCUT2D eigenvalue weighted by molar-refractivity contribution is 6.30. The van der Waals surface area contributed by atoms with E-state index in [1.165, 1.54) is 0 Å². The maximum Gasteiger partial charge on any atom is 0.257 e. The summed E-state index contributed by atoms with van der Waals surface area (Å²) in [5.41, 5.74) is 1.59.